The van der Waals surface area contributed by atoms with E-state index >= 15 is 0 Å². The maximum absolute atomic E-state index is 13.6. The van der Waals surface area contributed by atoms with Gasteiger partial charge in [0.05, 0.1) is 5.97 Å². The quantitative estimate of drug-likeness (QED) is 0.325. The third kappa shape index (κ3) is 16.1. The molecule has 0 unspecified atom stereocenters. The smallest absolute Gasteiger partial charge is 0.876 e. The Labute approximate surface area is 302 Å². The van der Waals surface area contributed by atoms with Crippen molar-refractivity contribution in [3.8, 4) is 11.5 Å². The third-order valence-corrected chi connectivity index (χ3v) is 7.23. The molecule has 0 bridgehead atoms. The van der Waals surface area contributed by atoms with Crippen LogP contribution >= 0.6 is 0 Å². The van der Waals surface area contributed by atoms with Crippen molar-refractivity contribution in [2.24, 2.45) is 0 Å². The molecule has 9 heteroatoms. The molecule has 48 heavy (non-hydrogen) atoms. The van der Waals surface area contributed by atoms with E-state index in [0.717, 1.165) is 17.2 Å². The standard InChI is InChI=1S/C32H49NO4.C5H8O2.C2H6O.V/c1-29(2,3)22-13-20(27(36)24(15-22)31(7,8)9)17-33(19-26(34)35)18-21-14-23(30(4,5)6)16-25(28(21)37)32(10,11)12;1-4(6)3-5(2)7;1-2-3;/h13-16,36-37H,17-19H2,1-12H3,(H,34,35);3,6H,1-2H3;3H,2H2,1H3;/q;;;+4/p-4/b;4-3-;;. The van der Waals surface area contributed by atoms with E-state index in [4.69, 9.17) is 5.11 Å². The van der Waals surface area contributed by atoms with E-state index in [9.17, 15) is 30.0 Å². The number of aliphatic hydroxyl groups excluding tert-OH is 1. The van der Waals surface area contributed by atoms with Gasteiger partial charge in [-0.15, -0.1) is 17.3 Å². The summed E-state index contributed by atoms with van der Waals surface area (Å²) in [6.07, 6.45) is 1.06. The molecular formula is C39H59NO7V. The SMILES string of the molecule is CC(=O)/C=C(/C)[O-].CC(C)(C)c1cc(CN(CC(=O)[O-])Cc2cc(C(C)(C)C)cc(C(C)(C)C)c2[O-])c([O-])c(C(C)(C)C)c1.CCO.[V+4]. The van der Waals surface area contributed by atoms with E-state index in [0.29, 0.717) is 22.3 Å². The Morgan fingerprint density at radius 1 is 0.688 bits per heavy atom. The fourth-order valence-corrected chi connectivity index (χ4v) is 4.71. The summed E-state index contributed by atoms with van der Waals surface area (Å²) in [5.74, 6) is -1.78. The van der Waals surface area contributed by atoms with E-state index < -0.39 is 5.97 Å². The Kier molecular flexibility index (Phi) is 18.6. The van der Waals surface area contributed by atoms with Crippen molar-refractivity contribution in [3.05, 3.63) is 69.5 Å². The number of aliphatic hydroxyl groups is 1. The molecule has 0 aliphatic heterocycles. The number of carbonyl (C=O) groups excluding carboxylic acids is 2. The Balaban J connectivity index is 0. The molecule has 8 nitrogen and oxygen atoms in total. The Morgan fingerprint density at radius 3 is 1.19 bits per heavy atom. The summed E-state index contributed by atoms with van der Waals surface area (Å²) in [5, 5.41) is 56.4. The molecule has 0 aromatic heterocycles. The third-order valence-electron chi connectivity index (χ3n) is 7.23. The number of carbonyl (C=O) groups is 2. The summed E-state index contributed by atoms with van der Waals surface area (Å²) in [5.41, 5.74) is 3.43. The van der Waals surface area contributed by atoms with Gasteiger partial charge >= 0.3 is 18.6 Å². The first kappa shape index (κ1) is 47.3. The molecule has 0 spiro atoms. The number of nitrogens with zero attached hydrogens (tertiary/aromatic N) is 1. The molecule has 1 radical (unpaired) electrons. The van der Waals surface area contributed by atoms with Gasteiger partial charge in [0.15, 0.2) is 5.78 Å². The second kappa shape index (κ2) is 18.8. The normalized spacial score (nSPS) is 12.3. The number of benzene rings is 2. The summed E-state index contributed by atoms with van der Waals surface area (Å²) in [6.45, 7) is 29.1. The molecule has 0 fully saturated rings. The van der Waals surface area contributed by atoms with Crippen LogP contribution in [0.4, 0.5) is 0 Å². The zero-order valence-electron chi connectivity index (χ0n) is 32.0. The summed E-state index contributed by atoms with van der Waals surface area (Å²) in [7, 11) is 0. The van der Waals surface area contributed by atoms with Gasteiger partial charge in [0.25, 0.3) is 0 Å². The molecule has 0 heterocycles. The second-order valence-electron chi connectivity index (χ2n) is 16.2. The summed E-state index contributed by atoms with van der Waals surface area (Å²) >= 11 is 0. The number of rotatable bonds is 7. The first-order chi connectivity index (χ1) is 21.1. The monoisotopic (exact) mass is 704 g/mol. The van der Waals surface area contributed by atoms with Crippen LogP contribution in [0, 0.1) is 0 Å². The molecule has 0 aliphatic rings. The van der Waals surface area contributed by atoms with Gasteiger partial charge < -0.3 is 30.3 Å². The summed E-state index contributed by atoms with van der Waals surface area (Å²) in [4.78, 5) is 23.4. The van der Waals surface area contributed by atoms with Gasteiger partial charge in [-0.3, -0.25) is 9.69 Å². The number of carboxylic acid groups (broad SMARTS) is 1. The maximum Gasteiger partial charge on any atom is 4.00 e. The molecule has 1 N–H and O–H groups in total. The van der Waals surface area contributed by atoms with E-state index in [1.54, 1.807) is 11.8 Å². The zero-order valence-corrected chi connectivity index (χ0v) is 33.4. The molecule has 0 aliphatic carbocycles. The molecule has 267 valence electrons. The average molecular weight is 705 g/mol. The van der Waals surface area contributed by atoms with Crippen molar-refractivity contribution in [2.75, 3.05) is 13.2 Å². The van der Waals surface area contributed by atoms with E-state index in [-0.39, 0.29) is 89.5 Å². The minimum absolute atomic E-state index is 0. The minimum atomic E-state index is -1.24. The zero-order chi connectivity index (χ0) is 37.3. The maximum atomic E-state index is 13.6. The first-order valence-electron chi connectivity index (χ1n) is 16.1. The summed E-state index contributed by atoms with van der Waals surface area (Å²) < 4.78 is 0. The van der Waals surface area contributed by atoms with Gasteiger partial charge in [0.1, 0.15) is 0 Å². The van der Waals surface area contributed by atoms with Gasteiger partial charge in [0, 0.05) is 26.2 Å². The van der Waals surface area contributed by atoms with Crippen LogP contribution in [0.1, 0.15) is 137 Å². The molecular weight excluding hydrogens is 645 g/mol. The predicted octanol–water partition coefficient (Wildman–Crippen LogP) is 4.61. The average Bonchev–Trinajstić information content (AvgIpc) is 2.83. The van der Waals surface area contributed by atoms with Gasteiger partial charge in [-0.05, 0) is 75.0 Å². The van der Waals surface area contributed by atoms with Crippen LogP contribution < -0.4 is 20.4 Å². The van der Waals surface area contributed by atoms with Crippen LogP contribution in [0.2, 0.25) is 0 Å². The van der Waals surface area contributed by atoms with Crippen LogP contribution in [0.25, 0.3) is 0 Å². The van der Waals surface area contributed by atoms with E-state index in [1.807, 2.05) is 65.8 Å². The molecule has 0 saturated heterocycles. The van der Waals surface area contributed by atoms with Crippen LogP contribution in [0.3, 0.4) is 0 Å². The molecule has 0 atom stereocenters. The van der Waals surface area contributed by atoms with Crippen molar-refractivity contribution in [1.82, 2.24) is 4.90 Å². The molecule has 2 aromatic rings. The number of aliphatic carboxylic acids is 1. The predicted molar refractivity (Wildman–Crippen MR) is 183 cm³/mol. The second-order valence-corrected chi connectivity index (χ2v) is 16.2. The van der Waals surface area contributed by atoms with Crippen LogP contribution in [-0.2, 0) is 62.9 Å². The number of allylic oxidation sites excluding steroid dienone is 2. The first-order valence-corrected chi connectivity index (χ1v) is 16.1. The molecule has 2 aromatic carbocycles. The topological polar surface area (TPSA) is 150 Å². The fourth-order valence-electron chi connectivity index (χ4n) is 4.71. The molecule has 0 saturated carbocycles. The van der Waals surface area contributed by atoms with Crippen molar-refractivity contribution in [1.29, 1.82) is 0 Å². The van der Waals surface area contributed by atoms with Crippen LogP contribution in [-0.4, -0.2) is 34.9 Å². The Bertz CT molecular complexity index is 1300. The molecule has 2 rings (SSSR count). The number of carboxylic acids is 1. The Morgan fingerprint density at radius 2 is 1.00 bits per heavy atom. The van der Waals surface area contributed by atoms with Crippen molar-refractivity contribution >= 4 is 11.8 Å². The minimum Gasteiger partial charge on any atom is -0.876 e. The van der Waals surface area contributed by atoms with Crippen molar-refractivity contribution in [2.45, 2.75) is 139 Å². The van der Waals surface area contributed by atoms with Crippen LogP contribution in [0.5, 0.6) is 11.5 Å². The number of hydrogen-bond acceptors (Lipinski definition) is 8. The summed E-state index contributed by atoms with van der Waals surface area (Å²) in [6, 6.07) is 7.74. The van der Waals surface area contributed by atoms with Gasteiger partial charge in [-0.25, -0.2) is 0 Å². The van der Waals surface area contributed by atoms with Crippen molar-refractivity contribution < 1.29 is 53.7 Å². The molecule has 0 amide bonds. The number of hydrogen-bond donors (Lipinski definition) is 1. The number of ketones is 1. The van der Waals surface area contributed by atoms with Gasteiger partial charge in [-0.1, -0.05) is 114 Å². The van der Waals surface area contributed by atoms with Gasteiger partial charge in [0.2, 0.25) is 0 Å². The van der Waals surface area contributed by atoms with Gasteiger partial charge in [-0.2, -0.15) is 0 Å². The van der Waals surface area contributed by atoms with E-state index in [2.05, 4.69) is 41.5 Å². The fraction of sp³-hybridized carbons (Fsp3) is 0.590. The Hall–Kier alpha value is -2.78. The largest absolute Gasteiger partial charge is 4.00 e. The van der Waals surface area contributed by atoms with E-state index in [1.165, 1.54) is 13.8 Å². The van der Waals surface area contributed by atoms with Crippen molar-refractivity contribution in [3.63, 3.8) is 0 Å². The van der Waals surface area contributed by atoms with Crippen LogP contribution in [0.15, 0.2) is 36.1 Å².